The maximum absolute atomic E-state index is 13.1. The van der Waals surface area contributed by atoms with Gasteiger partial charge in [-0.2, -0.15) is 0 Å². The van der Waals surface area contributed by atoms with Gasteiger partial charge in [0.05, 0.1) is 17.7 Å². The number of aliphatic hydroxyl groups excluding tert-OH is 1. The molecule has 1 fully saturated rings. The third-order valence-corrected chi connectivity index (χ3v) is 5.39. The predicted molar refractivity (Wildman–Crippen MR) is 118 cm³/mol. The van der Waals surface area contributed by atoms with E-state index in [0.717, 1.165) is 5.56 Å². The van der Waals surface area contributed by atoms with E-state index in [-0.39, 0.29) is 23.3 Å². The number of benzene rings is 1. The van der Waals surface area contributed by atoms with Crippen molar-refractivity contribution < 1.29 is 24.0 Å². The van der Waals surface area contributed by atoms with Gasteiger partial charge in [-0.1, -0.05) is 17.3 Å². The van der Waals surface area contributed by atoms with E-state index in [1.807, 2.05) is 20.8 Å². The third-order valence-electron chi connectivity index (χ3n) is 5.39. The molecule has 0 saturated carbocycles. The van der Waals surface area contributed by atoms with Crippen molar-refractivity contribution in [1.82, 2.24) is 10.1 Å². The summed E-state index contributed by atoms with van der Waals surface area (Å²) >= 11 is 0. The van der Waals surface area contributed by atoms with Crippen LogP contribution in [0.25, 0.3) is 5.76 Å². The Bertz CT molecular complexity index is 1200. The van der Waals surface area contributed by atoms with Gasteiger partial charge in [0.15, 0.2) is 5.82 Å². The van der Waals surface area contributed by atoms with Gasteiger partial charge in [0.2, 0.25) is 0 Å². The molecule has 2 N–H and O–H groups in total. The standard InChI is InChI=1S/C24H25N3O5/c1-12(2)31-17-8-6-16(7-9-17)21-20(22(28)19-13(3)11-25-15(19)5)23(29)24(30)27(21)18-10-14(4)32-26-18/h6-12,21,25,28H,1-5H3/b22-20+. The predicted octanol–water partition coefficient (Wildman–Crippen LogP) is 4.34. The van der Waals surface area contributed by atoms with Crippen LogP contribution in [0.15, 0.2) is 46.6 Å². The van der Waals surface area contributed by atoms with E-state index in [1.165, 1.54) is 4.90 Å². The van der Waals surface area contributed by atoms with Gasteiger partial charge in [-0.3, -0.25) is 14.5 Å². The van der Waals surface area contributed by atoms with Crippen LogP contribution in [-0.4, -0.2) is 33.0 Å². The van der Waals surface area contributed by atoms with Crippen LogP contribution in [0.5, 0.6) is 5.75 Å². The molecule has 3 aromatic rings. The molecule has 0 spiro atoms. The minimum absolute atomic E-state index is 0.000944. The molecule has 1 aromatic carbocycles. The van der Waals surface area contributed by atoms with Gasteiger partial charge in [0.25, 0.3) is 5.78 Å². The van der Waals surface area contributed by atoms with Crippen molar-refractivity contribution in [2.75, 3.05) is 4.90 Å². The molecule has 0 aliphatic carbocycles. The quantitative estimate of drug-likeness (QED) is 0.351. The van der Waals surface area contributed by atoms with Gasteiger partial charge in [0, 0.05) is 23.5 Å². The molecule has 3 heterocycles. The summed E-state index contributed by atoms with van der Waals surface area (Å²) < 4.78 is 10.9. The molecule has 0 bridgehead atoms. The molecule has 1 aliphatic heterocycles. The molecule has 1 saturated heterocycles. The number of nitrogens with one attached hydrogen (secondary N) is 1. The molecule has 166 valence electrons. The molecule has 2 aromatic heterocycles. The Morgan fingerprint density at radius 2 is 1.88 bits per heavy atom. The van der Waals surface area contributed by atoms with E-state index in [2.05, 4.69) is 10.1 Å². The van der Waals surface area contributed by atoms with E-state index in [4.69, 9.17) is 9.26 Å². The molecule has 1 atom stereocenters. The number of ketones is 1. The Morgan fingerprint density at radius 1 is 1.19 bits per heavy atom. The molecule has 32 heavy (non-hydrogen) atoms. The second kappa shape index (κ2) is 8.03. The minimum atomic E-state index is -0.874. The van der Waals surface area contributed by atoms with E-state index in [1.54, 1.807) is 50.4 Å². The molecular formula is C24H25N3O5. The number of carbonyl (C=O) groups excluding carboxylic acids is 2. The average Bonchev–Trinajstić information content (AvgIpc) is 3.38. The zero-order valence-electron chi connectivity index (χ0n) is 18.6. The lowest BCUT2D eigenvalue weighted by atomic mass is 9.94. The monoisotopic (exact) mass is 435 g/mol. The van der Waals surface area contributed by atoms with Gasteiger partial charge in [0.1, 0.15) is 17.3 Å². The van der Waals surface area contributed by atoms with Gasteiger partial charge in [-0.15, -0.1) is 0 Å². The number of aliphatic hydroxyl groups is 1. The summed E-state index contributed by atoms with van der Waals surface area (Å²) in [6, 6.07) is 7.81. The second-order valence-electron chi connectivity index (χ2n) is 8.17. The zero-order chi connectivity index (χ0) is 23.2. The first-order valence-corrected chi connectivity index (χ1v) is 10.3. The summed E-state index contributed by atoms with van der Waals surface area (Å²) in [5.74, 6) is -0.420. The Labute approximate surface area is 185 Å². The number of H-pyrrole nitrogens is 1. The van der Waals surface area contributed by atoms with E-state index in [9.17, 15) is 14.7 Å². The molecular weight excluding hydrogens is 410 g/mol. The number of hydrogen-bond acceptors (Lipinski definition) is 6. The summed E-state index contributed by atoms with van der Waals surface area (Å²) in [7, 11) is 0. The highest BCUT2D eigenvalue weighted by molar-refractivity contribution is 6.51. The highest BCUT2D eigenvalue weighted by atomic mass is 16.5. The van der Waals surface area contributed by atoms with E-state index in [0.29, 0.717) is 28.3 Å². The number of aryl methyl sites for hydroxylation is 3. The number of anilines is 1. The summed E-state index contributed by atoms with van der Waals surface area (Å²) in [6.07, 6.45) is 1.75. The van der Waals surface area contributed by atoms with Crippen LogP contribution in [0.1, 0.15) is 48.0 Å². The molecule has 0 radical (unpaired) electrons. The first-order valence-electron chi connectivity index (χ1n) is 10.3. The Morgan fingerprint density at radius 3 is 2.41 bits per heavy atom. The van der Waals surface area contributed by atoms with E-state index >= 15 is 0 Å². The molecule has 8 nitrogen and oxygen atoms in total. The van der Waals surface area contributed by atoms with E-state index < -0.39 is 17.7 Å². The minimum Gasteiger partial charge on any atom is -0.507 e. The fraction of sp³-hybridized carbons (Fsp3) is 0.292. The van der Waals surface area contributed by atoms with Gasteiger partial charge < -0.3 is 19.4 Å². The summed E-state index contributed by atoms with van der Waals surface area (Å²) in [4.78, 5) is 30.5. The van der Waals surface area contributed by atoms with Crippen LogP contribution in [0.3, 0.4) is 0 Å². The fourth-order valence-electron chi connectivity index (χ4n) is 4.01. The number of amides is 1. The van der Waals surface area contributed by atoms with Gasteiger partial charge in [-0.05, 0) is 57.9 Å². The molecule has 1 amide bonds. The van der Waals surface area contributed by atoms with Gasteiger partial charge in [-0.25, -0.2) is 0 Å². The Hall–Kier alpha value is -3.81. The van der Waals surface area contributed by atoms with Crippen LogP contribution in [0, 0.1) is 20.8 Å². The normalized spacial score (nSPS) is 18.1. The highest BCUT2D eigenvalue weighted by Crippen LogP contribution is 2.43. The van der Waals surface area contributed by atoms with Crippen LogP contribution in [-0.2, 0) is 9.59 Å². The topological polar surface area (TPSA) is 109 Å². The van der Waals surface area contributed by atoms with Gasteiger partial charge >= 0.3 is 5.91 Å². The van der Waals surface area contributed by atoms with Crippen molar-refractivity contribution in [3.8, 4) is 5.75 Å². The zero-order valence-corrected chi connectivity index (χ0v) is 18.6. The SMILES string of the molecule is Cc1cc(N2C(=O)C(=O)/C(=C(/O)c3c(C)c[nH]c3C)C2c2ccc(OC(C)C)cc2)no1. The number of nitrogens with zero attached hydrogens (tertiary/aromatic N) is 2. The summed E-state index contributed by atoms with van der Waals surface area (Å²) in [5.41, 5.74) is 2.60. The Kier molecular flexibility index (Phi) is 5.38. The molecule has 1 unspecified atom stereocenters. The van der Waals surface area contributed by atoms with Crippen molar-refractivity contribution in [2.45, 2.75) is 46.8 Å². The molecule has 8 heteroatoms. The lowest BCUT2D eigenvalue weighted by Gasteiger charge is -2.23. The lowest BCUT2D eigenvalue weighted by molar-refractivity contribution is -0.132. The summed E-state index contributed by atoms with van der Waals surface area (Å²) in [6.45, 7) is 9.18. The maximum atomic E-state index is 13.1. The van der Waals surface area contributed by atoms with Crippen LogP contribution < -0.4 is 9.64 Å². The van der Waals surface area contributed by atoms with Crippen LogP contribution >= 0.6 is 0 Å². The van der Waals surface area contributed by atoms with Crippen molar-refractivity contribution in [3.63, 3.8) is 0 Å². The second-order valence-corrected chi connectivity index (χ2v) is 8.17. The Balaban J connectivity index is 1.91. The number of rotatable bonds is 5. The lowest BCUT2D eigenvalue weighted by Crippen LogP contribution is -2.29. The number of aromatic nitrogens is 2. The van der Waals surface area contributed by atoms with Crippen molar-refractivity contribution >= 4 is 23.3 Å². The smallest absolute Gasteiger partial charge is 0.301 e. The number of hydrogen-bond donors (Lipinski definition) is 2. The first-order chi connectivity index (χ1) is 15.2. The van der Waals surface area contributed by atoms with Crippen molar-refractivity contribution in [2.24, 2.45) is 0 Å². The third kappa shape index (κ3) is 3.57. The molecule has 1 aliphatic rings. The maximum Gasteiger partial charge on any atom is 0.301 e. The van der Waals surface area contributed by atoms with Crippen LogP contribution in [0.2, 0.25) is 0 Å². The number of carbonyl (C=O) groups is 2. The molecule has 4 rings (SSSR count). The van der Waals surface area contributed by atoms with Crippen LogP contribution in [0.4, 0.5) is 5.82 Å². The number of Topliss-reactive ketones (excluding diaryl/α,β-unsaturated/α-hetero) is 1. The average molecular weight is 435 g/mol. The fourth-order valence-corrected chi connectivity index (χ4v) is 4.01. The number of ether oxygens (including phenoxy) is 1. The summed E-state index contributed by atoms with van der Waals surface area (Å²) in [5, 5.41) is 15.2. The highest BCUT2D eigenvalue weighted by Gasteiger charge is 2.48. The first kappa shape index (κ1) is 21.4. The largest absolute Gasteiger partial charge is 0.507 e. The number of aromatic amines is 1. The van der Waals surface area contributed by atoms with Crippen molar-refractivity contribution in [3.05, 3.63) is 70.2 Å². The van der Waals surface area contributed by atoms with Crippen molar-refractivity contribution in [1.29, 1.82) is 0 Å².